The first-order chi connectivity index (χ1) is 16.6. The lowest BCUT2D eigenvalue weighted by atomic mass is 9.76. The molecule has 2 saturated heterocycles. The maximum absolute atomic E-state index is 13.9. The van der Waals surface area contributed by atoms with Crippen LogP contribution >= 0.6 is 0 Å². The molecule has 2 fully saturated rings. The molecule has 2 aliphatic rings. The number of piperidine rings is 1. The van der Waals surface area contributed by atoms with Crippen LogP contribution in [0.1, 0.15) is 35.3 Å². The summed E-state index contributed by atoms with van der Waals surface area (Å²) in [6.07, 6.45) is 4.06. The monoisotopic (exact) mass is 457 g/mol. The molecule has 0 radical (unpaired) electrons. The minimum Gasteiger partial charge on any atom is -0.424 e. The summed E-state index contributed by atoms with van der Waals surface area (Å²) < 4.78 is 5.75. The van der Waals surface area contributed by atoms with Gasteiger partial charge in [0.1, 0.15) is 5.75 Å². The van der Waals surface area contributed by atoms with Crippen LogP contribution in [0.3, 0.4) is 0 Å². The highest BCUT2D eigenvalue weighted by Gasteiger charge is 2.55. The van der Waals surface area contributed by atoms with Crippen molar-refractivity contribution in [2.24, 2.45) is 5.92 Å². The zero-order chi connectivity index (χ0) is 23.5. The van der Waals surface area contributed by atoms with Gasteiger partial charge in [-0.25, -0.2) is 9.97 Å². The van der Waals surface area contributed by atoms with Crippen LogP contribution in [-0.4, -0.2) is 51.9 Å². The number of fused-ring (bicyclic) bond motifs is 1. The number of likely N-dealkylation sites (tertiary alicyclic amines) is 1. The highest BCUT2D eigenvalue weighted by molar-refractivity contribution is 5.95. The molecule has 2 N–H and O–H groups in total. The maximum Gasteiger partial charge on any atom is 0.321 e. The normalized spacial score (nSPS) is 23.7. The van der Waals surface area contributed by atoms with Crippen LogP contribution < -0.4 is 15.4 Å². The summed E-state index contributed by atoms with van der Waals surface area (Å²) in [6, 6.07) is 18.9. The molecule has 3 atom stereocenters. The topological polar surface area (TPSA) is 96.5 Å². The summed E-state index contributed by atoms with van der Waals surface area (Å²) in [4.78, 5) is 36.2. The highest BCUT2D eigenvalue weighted by Crippen LogP contribution is 2.46. The van der Waals surface area contributed by atoms with Gasteiger partial charge in [-0.3, -0.25) is 9.59 Å². The number of hydrogen-bond donors (Lipinski definition) is 2. The summed E-state index contributed by atoms with van der Waals surface area (Å²) >= 11 is 0. The Morgan fingerprint density at radius 2 is 1.88 bits per heavy atom. The molecule has 0 spiro atoms. The average molecular weight is 458 g/mol. The fourth-order valence-corrected chi connectivity index (χ4v) is 5.32. The number of rotatable bonds is 5. The third-order valence-electron chi connectivity index (χ3n) is 6.61. The average Bonchev–Trinajstić information content (AvgIpc) is 3.19. The molecular formula is C26H27N5O3. The molecule has 3 aromatic rings. The molecule has 2 aliphatic heterocycles. The number of benzene rings is 2. The van der Waals surface area contributed by atoms with Crippen LogP contribution in [0.2, 0.25) is 0 Å². The third kappa shape index (κ3) is 4.24. The molecule has 2 amide bonds. The van der Waals surface area contributed by atoms with E-state index < -0.39 is 5.54 Å². The first kappa shape index (κ1) is 22.0. The van der Waals surface area contributed by atoms with Gasteiger partial charge in [-0.05, 0) is 42.8 Å². The second-order valence-corrected chi connectivity index (χ2v) is 8.86. The zero-order valence-electron chi connectivity index (χ0n) is 19.0. The van der Waals surface area contributed by atoms with E-state index in [-0.39, 0.29) is 29.8 Å². The second-order valence-electron chi connectivity index (χ2n) is 8.86. The van der Waals surface area contributed by atoms with Crippen molar-refractivity contribution in [1.29, 1.82) is 0 Å². The predicted octanol–water partition coefficient (Wildman–Crippen LogP) is 2.95. The Morgan fingerprint density at radius 1 is 1.09 bits per heavy atom. The van der Waals surface area contributed by atoms with Gasteiger partial charge in [0.15, 0.2) is 0 Å². The van der Waals surface area contributed by atoms with Gasteiger partial charge in [0.25, 0.3) is 5.91 Å². The van der Waals surface area contributed by atoms with Crippen LogP contribution in [0.15, 0.2) is 73.1 Å². The molecule has 0 bridgehead atoms. The molecule has 3 heterocycles. The van der Waals surface area contributed by atoms with E-state index in [0.29, 0.717) is 24.4 Å². The first-order valence-corrected chi connectivity index (χ1v) is 11.5. The van der Waals surface area contributed by atoms with E-state index in [1.807, 2.05) is 23.1 Å². The van der Waals surface area contributed by atoms with Gasteiger partial charge in [-0.1, -0.05) is 36.4 Å². The number of aromatic nitrogens is 2. The minimum atomic E-state index is -0.522. The van der Waals surface area contributed by atoms with E-state index in [1.54, 1.807) is 42.7 Å². The quantitative estimate of drug-likeness (QED) is 0.612. The molecular weight excluding hydrogens is 430 g/mol. The lowest BCUT2D eigenvalue weighted by Crippen LogP contribution is -2.62. The van der Waals surface area contributed by atoms with Crippen molar-refractivity contribution in [2.45, 2.75) is 24.9 Å². The van der Waals surface area contributed by atoms with Crippen LogP contribution in [-0.2, 0) is 4.79 Å². The summed E-state index contributed by atoms with van der Waals surface area (Å²) in [6.45, 7) is 3.43. The number of carbonyl (C=O) groups is 2. The van der Waals surface area contributed by atoms with E-state index in [4.69, 9.17) is 4.74 Å². The van der Waals surface area contributed by atoms with Gasteiger partial charge in [-0.2, -0.15) is 0 Å². The molecule has 8 heteroatoms. The minimum absolute atomic E-state index is 0.0898. The molecule has 0 aliphatic carbocycles. The van der Waals surface area contributed by atoms with Crippen molar-refractivity contribution in [3.8, 4) is 11.8 Å². The number of amides is 2. The van der Waals surface area contributed by atoms with E-state index in [2.05, 4.69) is 32.7 Å². The molecule has 0 saturated carbocycles. The van der Waals surface area contributed by atoms with E-state index >= 15 is 0 Å². The number of ether oxygens (including phenoxy) is 1. The molecule has 8 nitrogen and oxygen atoms in total. The molecule has 0 unspecified atom stereocenters. The van der Waals surface area contributed by atoms with Crippen molar-refractivity contribution in [3.05, 3.63) is 84.2 Å². The van der Waals surface area contributed by atoms with Crippen molar-refractivity contribution < 1.29 is 14.3 Å². The largest absolute Gasteiger partial charge is 0.424 e. The maximum atomic E-state index is 13.9. The Kier molecular flexibility index (Phi) is 5.98. The molecule has 174 valence electrons. The number of nitrogens with one attached hydrogen (secondary N) is 2. The third-order valence-corrected chi connectivity index (χ3v) is 6.61. The first-order valence-electron chi connectivity index (χ1n) is 11.5. The van der Waals surface area contributed by atoms with Crippen molar-refractivity contribution >= 4 is 11.8 Å². The summed E-state index contributed by atoms with van der Waals surface area (Å²) in [5.41, 5.74) is 1.06. The van der Waals surface area contributed by atoms with Crippen LogP contribution in [0, 0.1) is 5.92 Å². The Labute approximate surface area is 198 Å². The summed E-state index contributed by atoms with van der Waals surface area (Å²) in [5.74, 6) is 0.393. The Balaban J connectivity index is 1.50. The van der Waals surface area contributed by atoms with Gasteiger partial charge < -0.3 is 20.3 Å². The zero-order valence-corrected chi connectivity index (χ0v) is 19.0. The second kappa shape index (κ2) is 9.23. The van der Waals surface area contributed by atoms with Crippen molar-refractivity contribution in [3.63, 3.8) is 0 Å². The lowest BCUT2D eigenvalue weighted by Gasteiger charge is -2.40. The van der Waals surface area contributed by atoms with Gasteiger partial charge in [-0.15, -0.1) is 0 Å². The van der Waals surface area contributed by atoms with E-state index in [9.17, 15) is 9.59 Å². The molecule has 2 aromatic carbocycles. The smallest absolute Gasteiger partial charge is 0.321 e. The van der Waals surface area contributed by atoms with Crippen molar-refractivity contribution in [1.82, 2.24) is 25.5 Å². The van der Waals surface area contributed by atoms with Crippen molar-refractivity contribution in [2.75, 3.05) is 19.6 Å². The van der Waals surface area contributed by atoms with Gasteiger partial charge in [0.05, 0.1) is 11.6 Å². The van der Waals surface area contributed by atoms with Crippen LogP contribution in [0.4, 0.5) is 0 Å². The summed E-state index contributed by atoms with van der Waals surface area (Å²) in [5, 5.41) is 6.62. The van der Waals surface area contributed by atoms with Gasteiger partial charge in [0, 0.05) is 43.9 Å². The summed E-state index contributed by atoms with van der Waals surface area (Å²) in [7, 11) is 0. The Morgan fingerprint density at radius 3 is 2.65 bits per heavy atom. The van der Waals surface area contributed by atoms with Gasteiger partial charge in [0.2, 0.25) is 5.91 Å². The number of nitrogens with zero attached hydrogens (tertiary/aromatic N) is 3. The predicted molar refractivity (Wildman–Crippen MR) is 126 cm³/mol. The van der Waals surface area contributed by atoms with Crippen LogP contribution in [0.5, 0.6) is 11.8 Å². The highest BCUT2D eigenvalue weighted by atomic mass is 16.5. The SMILES string of the molecule is CC(=O)N[C@@]12CNCC[C@@H]1[C@@H](c1ccccc1)N(C(=O)c1cccc(Oc3ncccn3)c1)C2. The number of carbonyl (C=O) groups excluding carboxylic acids is 2. The number of hydrogen-bond acceptors (Lipinski definition) is 6. The molecule has 34 heavy (non-hydrogen) atoms. The molecule has 5 rings (SSSR count). The lowest BCUT2D eigenvalue weighted by molar-refractivity contribution is -0.121. The van der Waals surface area contributed by atoms with Gasteiger partial charge >= 0.3 is 6.01 Å². The van der Waals surface area contributed by atoms with E-state index in [1.165, 1.54) is 6.92 Å². The standard InChI is InChI=1S/C26H27N5O3/c1-18(32)30-26-16-27-14-11-22(26)23(19-7-3-2-4-8-19)31(17-26)24(33)20-9-5-10-21(15-20)34-25-28-12-6-13-29-25/h2-10,12-13,15,22-23,27H,11,14,16-17H2,1H3,(H,30,32)/t22-,23-,26-/m1/s1. The van der Waals surface area contributed by atoms with Crippen LogP contribution in [0.25, 0.3) is 0 Å². The fourth-order valence-electron chi connectivity index (χ4n) is 5.32. The Hall–Kier alpha value is -3.78. The fraction of sp³-hybridized carbons (Fsp3) is 0.308. The molecule has 1 aromatic heterocycles. The van der Waals surface area contributed by atoms with E-state index in [0.717, 1.165) is 18.5 Å². The Bertz CT molecular complexity index is 1170.